The molecule has 0 saturated carbocycles. The standard InChI is InChI=1S/C21H24N2O3S/c1-6-15-7-10-17(11-8-15)27(24,25)23-20-14(2)21(3,4)26-19-12-9-16(22-5)13-18(19)20/h7-14,20,23H,6H2,1-4H3/t14-,20-/m0/s1. The lowest BCUT2D eigenvalue weighted by Crippen LogP contribution is -2.48. The number of fused-ring (bicyclic) bond motifs is 1. The van der Waals surface area contributed by atoms with E-state index in [0.29, 0.717) is 17.0 Å². The number of nitrogens with zero attached hydrogens (tertiary/aromatic N) is 1. The maximum absolute atomic E-state index is 13.0. The Morgan fingerprint density at radius 2 is 1.85 bits per heavy atom. The number of sulfonamides is 1. The van der Waals surface area contributed by atoms with Gasteiger partial charge in [0, 0.05) is 11.5 Å². The van der Waals surface area contributed by atoms with E-state index in [9.17, 15) is 8.42 Å². The molecule has 0 radical (unpaired) electrons. The minimum atomic E-state index is -3.71. The number of hydrogen-bond donors (Lipinski definition) is 1. The van der Waals surface area contributed by atoms with Gasteiger partial charge < -0.3 is 4.74 Å². The third-order valence-corrected chi connectivity index (χ3v) is 6.81. The molecule has 0 saturated heterocycles. The molecule has 0 aliphatic carbocycles. The predicted octanol–water partition coefficient (Wildman–Crippen LogP) is 4.63. The number of nitrogens with one attached hydrogen (secondary N) is 1. The molecule has 3 rings (SSSR count). The molecule has 0 fully saturated rings. The van der Waals surface area contributed by atoms with Gasteiger partial charge in [-0.25, -0.2) is 18.0 Å². The fourth-order valence-corrected chi connectivity index (χ4v) is 4.59. The van der Waals surface area contributed by atoms with E-state index in [0.717, 1.165) is 12.0 Å². The Morgan fingerprint density at radius 3 is 2.44 bits per heavy atom. The molecule has 2 atom stereocenters. The van der Waals surface area contributed by atoms with E-state index in [-0.39, 0.29) is 10.8 Å². The van der Waals surface area contributed by atoms with Gasteiger partial charge >= 0.3 is 0 Å². The van der Waals surface area contributed by atoms with Gasteiger partial charge in [-0.2, -0.15) is 0 Å². The molecule has 0 unspecified atom stereocenters. The van der Waals surface area contributed by atoms with E-state index in [1.807, 2.05) is 39.8 Å². The number of hydrogen-bond acceptors (Lipinski definition) is 3. The van der Waals surface area contributed by atoms with Crippen molar-refractivity contribution in [1.29, 1.82) is 0 Å². The second kappa shape index (κ2) is 6.99. The Bertz CT molecular complexity index is 989. The second-order valence-corrected chi connectivity index (χ2v) is 9.14. The lowest BCUT2D eigenvalue weighted by atomic mass is 9.80. The van der Waals surface area contributed by atoms with Crippen LogP contribution in [0.1, 0.15) is 44.9 Å². The summed E-state index contributed by atoms with van der Waals surface area (Å²) in [6, 6.07) is 11.6. The summed E-state index contributed by atoms with van der Waals surface area (Å²) in [5, 5.41) is 0. The van der Waals surface area contributed by atoms with Crippen LogP contribution in [-0.4, -0.2) is 14.0 Å². The van der Waals surface area contributed by atoms with Crippen LogP contribution >= 0.6 is 0 Å². The first-order valence-electron chi connectivity index (χ1n) is 8.99. The normalized spacial score (nSPS) is 21.0. The molecule has 0 aromatic heterocycles. The Labute approximate surface area is 161 Å². The maximum atomic E-state index is 13.0. The molecule has 27 heavy (non-hydrogen) atoms. The van der Waals surface area contributed by atoms with Crippen LogP contribution in [0.3, 0.4) is 0 Å². The largest absolute Gasteiger partial charge is 0.487 e. The summed E-state index contributed by atoms with van der Waals surface area (Å²) in [5.74, 6) is 0.482. The van der Waals surface area contributed by atoms with Gasteiger partial charge in [0.25, 0.3) is 0 Å². The molecular formula is C21H24N2O3S. The van der Waals surface area contributed by atoms with Gasteiger partial charge in [0.1, 0.15) is 11.4 Å². The summed E-state index contributed by atoms with van der Waals surface area (Å²) >= 11 is 0. The highest BCUT2D eigenvalue weighted by molar-refractivity contribution is 7.89. The van der Waals surface area contributed by atoms with Gasteiger partial charge in [0.15, 0.2) is 5.69 Å². The molecule has 142 valence electrons. The third-order valence-electron chi connectivity index (χ3n) is 5.35. The Balaban J connectivity index is 2.02. The molecule has 5 nitrogen and oxygen atoms in total. The zero-order valence-corrected chi connectivity index (χ0v) is 16.8. The van der Waals surface area contributed by atoms with Crippen molar-refractivity contribution >= 4 is 15.7 Å². The molecule has 2 aromatic carbocycles. The Morgan fingerprint density at radius 1 is 1.19 bits per heavy atom. The lowest BCUT2D eigenvalue weighted by molar-refractivity contribution is 0.0168. The molecule has 0 spiro atoms. The summed E-state index contributed by atoms with van der Waals surface area (Å²) in [6.45, 7) is 15.1. The smallest absolute Gasteiger partial charge is 0.241 e. The molecule has 1 heterocycles. The van der Waals surface area contributed by atoms with E-state index in [1.54, 1.807) is 30.3 Å². The minimum absolute atomic E-state index is 0.129. The lowest BCUT2D eigenvalue weighted by Gasteiger charge is -2.43. The summed E-state index contributed by atoms with van der Waals surface area (Å²) in [6.07, 6.45) is 0.853. The van der Waals surface area contributed by atoms with Crippen LogP contribution in [0.2, 0.25) is 0 Å². The van der Waals surface area contributed by atoms with Gasteiger partial charge in [-0.3, -0.25) is 0 Å². The van der Waals surface area contributed by atoms with Crippen molar-refractivity contribution in [3.8, 4) is 5.75 Å². The Kier molecular flexibility index (Phi) is 5.02. The SMILES string of the molecule is [C-]#[N+]c1ccc2c(c1)[C@@H](NS(=O)(=O)c1ccc(CC)cc1)[C@H](C)C(C)(C)O2. The van der Waals surface area contributed by atoms with Gasteiger partial charge in [-0.1, -0.05) is 32.0 Å². The summed E-state index contributed by atoms with van der Waals surface area (Å²) in [4.78, 5) is 3.70. The quantitative estimate of drug-likeness (QED) is 0.782. The van der Waals surface area contributed by atoms with Crippen molar-refractivity contribution in [1.82, 2.24) is 4.72 Å². The fourth-order valence-electron chi connectivity index (χ4n) is 3.29. The molecule has 6 heteroatoms. The first kappa shape index (κ1) is 19.4. The second-order valence-electron chi connectivity index (χ2n) is 7.42. The monoisotopic (exact) mass is 384 g/mol. The van der Waals surface area contributed by atoms with Crippen LogP contribution in [0.25, 0.3) is 4.85 Å². The molecule has 1 aliphatic heterocycles. The molecule has 1 aliphatic rings. The first-order valence-corrected chi connectivity index (χ1v) is 10.5. The highest BCUT2D eigenvalue weighted by Crippen LogP contribution is 2.45. The van der Waals surface area contributed by atoms with Crippen LogP contribution < -0.4 is 9.46 Å². The number of benzene rings is 2. The molecule has 0 amide bonds. The summed E-state index contributed by atoms with van der Waals surface area (Å²) < 4.78 is 34.9. The topological polar surface area (TPSA) is 59.8 Å². The van der Waals surface area contributed by atoms with Crippen molar-refractivity contribution in [2.24, 2.45) is 5.92 Å². The minimum Gasteiger partial charge on any atom is -0.487 e. The van der Waals surface area contributed by atoms with Crippen LogP contribution in [0.4, 0.5) is 5.69 Å². The maximum Gasteiger partial charge on any atom is 0.241 e. The number of aryl methyl sites for hydroxylation is 1. The van der Waals surface area contributed by atoms with E-state index in [1.165, 1.54) is 0 Å². The van der Waals surface area contributed by atoms with Crippen LogP contribution in [0.15, 0.2) is 47.4 Å². The van der Waals surface area contributed by atoms with E-state index < -0.39 is 21.7 Å². The van der Waals surface area contributed by atoms with Crippen LogP contribution in [0.5, 0.6) is 5.75 Å². The van der Waals surface area contributed by atoms with Crippen molar-refractivity contribution in [3.63, 3.8) is 0 Å². The van der Waals surface area contributed by atoms with Crippen molar-refractivity contribution < 1.29 is 13.2 Å². The zero-order valence-electron chi connectivity index (χ0n) is 16.0. The van der Waals surface area contributed by atoms with E-state index in [2.05, 4.69) is 9.57 Å². The van der Waals surface area contributed by atoms with Crippen LogP contribution in [0, 0.1) is 12.5 Å². The average Bonchev–Trinajstić information content (AvgIpc) is 2.65. The molecule has 2 aromatic rings. The summed E-state index contributed by atoms with van der Waals surface area (Å²) in [7, 11) is -3.71. The van der Waals surface area contributed by atoms with Crippen molar-refractivity contribution in [2.45, 2.75) is 50.7 Å². The highest BCUT2D eigenvalue weighted by Gasteiger charge is 2.42. The number of rotatable bonds is 4. The van der Waals surface area contributed by atoms with Crippen molar-refractivity contribution in [3.05, 3.63) is 65.0 Å². The van der Waals surface area contributed by atoms with Gasteiger partial charge in [0.05, 0.1) is 17.5 Å². The number of ether oxygens (including phenoxy) is 1. The van der Waals surface area contributed by atoms with Gasteiger partial charge in [-0.05, 0) is 50.1 Å². The third kappa shape index (κ3) is 3.71. The molecule has 1 N–H and O–H groups in total. The van der Waals surface area contributed by atoms with Gasteiger partial charge in [-0.15, -0.1) is 0 Å². The fraction of sp³-hybridized carbons (Fsp3) is 0.381. The average molecular weight is 385 g/mol. The first-order chi connectivity index (χ1) is 12.7. The Hall–Kier alpha value is -2.36. The van der Waals surface area contributed by atoms with Crippen molar-refractivity contribution in [2.75, 3.05) is 0 Å². The summed E-state index contributed by atoms with van der Waals surface area (Å²) in [5.41, 5.74) is 1.69. The zero-order chi connectivity index (χ0) is 19.8. The van der Waals surface area contributed by atoms with Crippen LogP contribution in [-0.2, 0) is 16.4 Å². The van der Waals surface area contributed by atoms with E-state index in [4.69, 9.17) is 11.3 Å². The highest BCUT2D eigenvalue weighted by atomic mass is 32.2. The predicted molar refractivity (Wildman–Crippen MR) is 105 cm³/mol. The molecular weight excluding hydrogens is 360 g/mol. The van der Waals surface area contributed by atoms with Gasteiger partial charge in [0.2, 0.25) is 10.0 Å². The van der Waals surface area contributed by atoms with E-state index >= 15 is 0 Å². The molecule has 0 bridgehead atoms.